The van der Waals surface area contributed by atoms with E-state index in [0.717, 1.165) is 56.0 Å². The second-order valence-electron chi connectivity index (χ2n) is 9.09. The van der Waals surface area contributed by atoms with E-state index >= 15 is 0 Å². The van der Waals surface area contributed by atoms with Crippen molar-refractivity contribution < 1.29 is 9.53 Å². The van der Waals surface area contributed by atoms with Gasteiger partial charge in [0.2, 0.25) is 0 Å². The monoisotopic (exact) mass is 476 g/mol. The molecule has 0 aliphatic rings. The van der Waals surface area contributed by atoms with Gasteiger partial charge in [0.05, 0.1) is 24.5 Å². The van der Waals surface area contributed by atoms with Crippen molar-refractivity contribution in [1.82, 2.24) is 19.5 Å². The summed E-state index contributed by atoms with van der Waals surface area (Å²) in [7, 11) is 1.66. The molecule has 6 nitrogen and oxygen atoms in total. The number of H-pyrrole nitrogens is 1. The fourth-order valence-corrected chi connectivity index (χ4v) is 4.46. The van der Waals surface area contributed by atoms with Crippen LogP contribution in [0.3, 0.4) is 0 Å². The number of Topliss-reactive ketones (excluding diaryl/α,β-unsaturated/α-hetero) is 1. The number of ether oxygens (including phenoxy) is 1. The van der Waals surface area contributed by atoms with Gasteiger partial charge in [0.1, 0.15) is 11.4 Å². The molecule has 5 rings (SSSR count). The molecule has 0 amide bonds. The van der Waals surface area contributed by atoms with E-state index in [1.165, 1.54) is 0 Å². The standard InChI is InChI=1S/C30H28N4O2/c1-19-11-22(13-26(12-19)34-17-21(3)33-18-34)14-28(35)24-6-5-20(2)23(15-24)7-8-25-16-32-30-27(9-10-31-30)29(25)36-4/h5-13,15-18H,14H2,1-4H3,(H,31,32)/b8-7+. The highest BCUT2D eigenvalue weighted by Crippen LogP contribution is 2.29. The molecule has 1 N–H and O–H groups in total. The second-order valence-corrected chi connectivity index (χ2v) is 9.09. The van der Waals surface area contributed by atoms with Crippen LogP contribution in [-0.4, -0.2) is 32.4 Å². The average Bonchev–Trinajstić information content (AvgIpc) is 3.51. The number of nitrogens with one attached hydrogen (secondary N) is 1. The van der Waals surface area contributed by atoms with E-state index in [1.807, 2.05) is 74.1 Å². The summed E-state index contributed by atoms with van der Waals surface area (Å²) in [4.78, 5) is 25.1. The summed E-state index contributed by atoms with van der Waals surface area (Å²) in [5.41, 5.74) is 8.47. The number of aromatic nitrogens is 4. The Bertz CT molecular complexity index is 1610. The van der Waals surface area contributed by atoms with Crippen LogP contribution in [0.5, 0.6) is 5.75 Å². The molecule has 0 unspecified atom stereocenters. The van der Waals surface area contributed by atoms with Crippen LogP contribution in [0.4, 0.5) is 0 Å². The predicted molar refractivity (Wildman–Crippen MR) is 144 cm³/mol. The molecular weight excluding hydrogens is 448 g/mol. The number of hydrogen-bond acceptors (Lipinski definition) is 4. The van der Waals surface area contributed by atoms with Crippen molar-refractivity contribution >= 4 is 29.0 Å². The molecular formula is C30H28N4O2. The maximum Gasteiger partial charge on any atom is 0.167 e. The number of pyridine rings is 1. The Labute approximate surface area is 210 Å². The molecule has 0 bridgehead atoms. The summed E-state index contributed by atoms with van der Waals surface area (Å²) in [5.74, 6) is 0.849. The Balaban J connectivity index is 1.40. The summed E-state index contributed by atoms with van der Waals surface area (Å²) in [5, 5.41) is 0.934. The number of benzene rings is 2. The number of fused-ring (bicyclic) bond motifs is 1. The summed E-state index contributed by atoms with van der Waals surface area (Å²) >= 11 is 0. The summed E-state index contributed by atoms with van der Waals surface area (Å²) < 4.78 is 7.63. The van der Waals surface area contributed by atoms with Gasteiger partial charge >= 0.3 is 0 Å². The first-order chi connectivity index (χ1) is 17.4. The Kier molecular flexibility index (Phi) is 6.25. The molecule has 0 aliphatic carbocycles. The molecule has 0 spiro atoms. The molecule has 0 saturated carbocycles. The number of carbonyl (C=O) groups excluding carboxylic acids is 1. The summed E-state index contributed by atoms with van der Waals surface area (Å²) in [6.07, 6.45) is 11.7. The number of ketones is 1. The second kappa shape index (κ2) is 9.66. The number of methoxy groups -OCH3 is 1. The van der Waals surface area contributed by atoms with Crippen LogP contribution < -0.4 is 4.74 Å². The summed E-state index contributed by atoms with van der Waals surface area (Å²) in [6, 6.07) is 14.0. The third-order valence-electron chi connectivity index (χ3n) is 6.31. The zero-order chi connectivity index (χ0) is 25.2. The zero-order valence-corrected chi connectivity index (χ0v) is 20.9. The third kappa shape index (κ3) is 4.70. The molecule has 2 aromatic carbocycles. The van der Waals surface area contributed by atoms with Gasteiger partial charge in [-0.25, -0.2) is 9.97 Å². The predicted octanol–water partition coefficient (Wildman–Crippen LogP) is 6.28. The van der Waals surface area contributed by atoms with Crippen LogP contribution in [0.2, 0.25) is 0 Å². The number of rotatable bonds is 7. The van der Waals surface area contributed by atoms with Gasteiger partial charge in [0.25, 0.3) is 0 Å². The van der Waals surface area contributed by atoms with E-state index in [1.54, 1.807) is 19.6 Å². The molecule has 180 valence electrons. The SMILES string of the molecule is COc1c(/C=C/c2cc(C(=O)Cc3cc(C)cc(-n4cnc(C)c4)c3)ccc2C)cnc2[nH]ccc12. The number of aromatic amines is 1. The lowest BCUT2D eigenvalue weighted by Crippen LogP contribution is -2.05. The highest BCUT2D eigenvalue weighted by Gasteiger charge is 2.12. The van der Waals surface area contributed by atoms with Crippen molar-refractivity contribution in [1.29, 1.82) is 0 Å². The first-order valence-electron chi connectivity index (χ1n) is 11.8. The van der Waals surface area contributed by atoms with Crippen LogP contribution in [0, 0.1) is 20.8 Å². The van der Waals surface area contributed by atoms with Crippen LogP contribution in [0.25, 0.3) is 28.9 Å². The van der Waals surface area contributed by atoms with Crippen molar-refractivity contribution in [2.24, 2.45) is 0 Å². The topological polar surface area (TPSA) is 72.8 Å². The number of hydrogen-bond donors (Lipinski definition) is 1. The quantitative estimate of drug-likeness (QED) is 0.281. The van der Waals surface area contributed by atoms with Gasteiger partial charge in [-0.1, -0.05) is 24.3 Å². The first kappa shape index (κ1) is 23.3. The normalized spacial score (nSPS) is 11.4. The Morgan fingerprint density at radius 2 is 1.86 bits per heavy atom. The number of aryl methyl sites for hydroxylation is 3. The lowest BCUT2D eigenvalue weighted by Gasteiger charge is -2.10. The largest absolute Gasteiger partial charge is 0.495 e. The van der Waals surface area contributed by atoms with E-state index in [4.69, 9.17) is 4.74 Å². The van der Waals surface area contributed by atoms with Crippen molar-refractivity contribution in [2.45, 2.75) is 27.2 Å². The molecule has 0 aliphatic heterocycles. The molecule has 0 fully saturated rings. The van der Waals surface area contributed by atoms with E-state index in [-0.39, 0.29) is 5.78 Å². The van der Waals surface area contributed by atoms with Crippen molar-refractivity contribution in [3.63, 3.8) is 0 Å². The minimum atomic E-state index is 0.0796. The molecule has 3 heterocycles. The van der Waals surface area contributed by atoms with E-state index < -0.39 is 0 Å². The lowest BCUT2D eigenvalue weighted by molar-refractivity contribution is 0.0993. The maximum absolute atomic E-state index is 13.3. The van der Waals surface area contributed by atoms with Crippen LogP contribution >= 0.6 is 0 Å². The Hall–Kier alpha value is -4.45. The van der Waals surface area contributed by atoms with E-state index in [2.05, 4.69) is 33.2 Å². The highest BCUT2D eigenvalue weighted by molar-refractivity contribution is 5.98. The molecule has 36 heavy (non-hydrogen) atoms. The number of nitrogens with zero attached hydrogens (tertiary/aromatic N) is 3. The average molecular weight is 477 g/mol. The third-order valence-corrected chi connectivity index (χ3v) is 6.31. The van der Waals surface area contributed by atoms with Crippen molar-refractivity contribution in [3.8, 4) is 11.4 Å². The Morgan fingerprint density at radius 3 is 2.64 bits per heavy atom. The zero-order valence-electron chi connectivity index (χ0n) is 20.9. The van der Waals surface area contributed by atoms with Gasteiger partial charge in [-0.05, 0) is 73.4 Å². The van der Waals surface area contributed by atoms with E-state index in [0.29, 0.717) is 12.0 Å². The van der Waals surface area contributed by atoms with Gasteiger partial charge in [-0.2, -0.15) is 0 Å². The fraction of sp³-hybridized carbons (Fsp3) is 0.167. The number of carbonyl (C=O) groups is 1. The van der Waals surface area contributed by atoms with Crippen LogP contribution in [-0.2, 0) is 6.42 Å². The minimum Gasteiger partial charge on any atom is -0.495 e. The molecule has 3 aromatic heterocycles. The molecule has 5 aromatic rings. The van der Waals surface area contributed by atoms with E-state index in [9.17, 15) is 4.79 Å². The van der Waals surface area contributed by atoms with Gasteiger partial charge in [0, 0.05) is 41.8 Å². The molecule has 0 atom stereocenters. The van der Waals surface area contributed by atoms with Crippen molar-refractivity contribution in [2.75, 3.05) is 7.11 Å². The molecule has 0 radical (unpaired) electrons. The Morgan fingerprint density at radius 1 is 1.03 bits per heavy atom. The minimum absolute atomic E-state index is 0.0796. The van der Waals surface area contributed by atoms with Crippen LogP contribution in [0.1, 0.15) is 43.9 Å². The maximum atomic E-state index is 13.3. The number of imidazole rings is 1. The van der Waals surface area contributed by atoms with Gasteiger partial charge in [-0.15, -0.1) is 0 Å². The molecule has 0 saturated heterocycles. The van der Waals surface area contributed by atoms with Gasteiger partial charge < -0.3 is 14.3 Å². The summed E-state index contributed by atoms with van der Waals surface area (Å²) in [6.45, 7) is 6.05. The first-order valence-corrected chi connectivity index (χ1v) is 11.8. The molecule has 6 heteroatoms. The van der Waals surface area contributed by atoms with Gasteiger partial charge in [-0.3, -0.25) is 4.79 Å². The smallest absolute Gasteiger partial charge is 0.167 e. The fourth-order valence-electron chi connectivity index (χ4n) is 4.46. The van der Waals surface area contributed by atoms with Crippen LogP contribution in [0.15, 0.2) is 67.4 Å². The van der Waals surface area contributed by atoms with Crippen molar-refractivity contribution in [3.05, 3.63) is 106 Å². The highest BCUT2D eigenvalue weighted by atomic mass is 16.5. The lowest BCUT2D eigenvalue weighted by atomic mass is 9.97. The van der Waals surface area contributed by atoms with Gasteiger partial charge in [0.15, 0.2) is 5.78 Å².